The second-order valence-corrected chi connectivity index (χ2v) is 8.10. The lowest BCUT2D eigenvalue weighted by atomic mass is 9.84. The first-order valence-corrected chi connectivity index (χ1v) is 10.0. The number of anilines is 1. The maximum atomic E-state index is 13.1. The van der Waals surface area contributed by atoms with Crippen molar-refractivity contribution in [3.05, 3.63) is 35.1 Å². The molecule has 1 aliphatic carbocycles. The van der Waals surface area contributed by atoms with E-state index >= 15 is 0 Å². The van der Waals surface area contributed by atoms with Gasteiger partial charge in [0.2, 0.25) is 0 Å². The van der Waals surface area contributed by atoms with Gasteiger partial charge >= 0.3 is 12.4 Å². The molecular formula is C20H26F6N3-. The molecule has 1 heterocycles. The van der Waals surface area contributed by atoms with Crippen LogP contribution in [0.3, 0.4) is 0 Å². The maximum absolute atomic E-state index is 13.1. The van der Waals surface area contributed by atoms with E-state index in [-0.39, 0.29) is 17.8 Å². The Morgan fingerprint density at radius 1 is 0.793 bits per heavy atom. The van der Waals surface area contributed by atoms with Gasteiger partial charge in [-0.3, -0.25) is 4.90 Å². The van der Waals surface area contributed by atoms with E-state index in [1.54, 1.807) is 4.90 Å². The van der Waals surface area contributed by atoms with E-state index in [1.165, 1.54) is 0 Å². The molecule has 1 saturated heterocycles. The maximum Gasteiger partial charge on any atom is 0.416 e. The summed E-state index contributed by atoms with van der Waals surface area (Å²) < 4.78 is 78.4. The van der Waals surface area contributed by atoms with Gasteiger partial charge in [0.25, 0.3) is 0 Å². The van der Waals surface area contributed by atoms with Crippen molar-refractivity contribution in [3.63, 3.8) is 0 Å². The summed E-state index contributed by atoms with van der Waals surface area (Å²) in [7, 11) is 0. The van der Waals surface area contributed by atoms with Crippen molar-refractivity contribution in [2.24, 2.45) is 5.92 Å². The summed E-state index contributed by atoms with van der Waals surface area (Å²) in [6.45, 7) is 2.92. The molecule has 0 spiro atoms. The second kappa shape index (κ2) is 8.71. The number of alkyl halides is 6. The summed E-state index contributed by atoms with van der Waals surface area (Å²) in [5.74, 6) is 0.618. The molecule has 0 unspecified atom stereocenters. The van der Waals surface area contributed by atoms with Crippen molar-refractivity contribution in [1.82, 2.24) is 4.90 Å². The number of piperazine rings is 1. The molecule has 1 N–H and O–H groups in total. The lowest BCUT2D eigenvalue weighted by Gasteiger charge is -2.38. The van der Waals surface area contributed by atoms with Crippen LogP contribution in [0.4, 0.5) is 32.0 Å². The van der Waals surface area contributed by atoms with Crippen LogP contribution in [0.15, 0.2) is 18.2 Å². The molecule has 164 valence electrons. The van der Waals surface area contributed by atoms with Gasteiger partial charge in [0.05, 0.1) is 11.1 Å². The SMILES string of the molecule is [NH-]C1CCC(CCN2CCN(c3cc(C(F)(F)F)cc(C(F)(F)F)c3)CC2)CC1. The first kappa shape index (κ1) is 22.2. The molecule has 1 saturated carbocycles. The Kier molecular flexibility index (Phi) is 6.67. The van der Waals surface area contributed by atoms with Crippen molar-refractivity contribution in [1.29, 1.82) is 0 Å². The summed E-state index contributed by atoms with van der Waals surface area (Å²) in [5, 5.41) is 0. The van der Waals surface area contributed by atoms with Gasteiger partial charge in [-0.2, -0.15) is 26.3 Å². The van der Waals surface area contributed by atoms with Crippen LogP contribution in [0.5, 0.6) is 0 Å². The summed E-state index contributed by atoms with van der Waals surface area (Å²) in [5.41, 5.74) is 5.18. The fourth-order valence-corrected chi connectivity index (χ4v) is 4.17. The van der Waals surface area contributed by atoms with Gasteiger partial charge in [-0.1, -0.05) is 25.7 Å². The van der Waals surface area contributed by atoms with E-state index in [2.05, 4.69) is 4.90 Å². The molecule has 0 amide bonds. The Labute approximate surface area is 166 Å². The molecule has 3 nitrogen and oxygen atoms in total. The Morgan fingerprint density at radius 3 is 1.79 bits per heavy atom. The van der Waals surface area contributed by atoms with Gasteiger partial charge in [-0.25, -0.2) is 0 Å². The predicted molar refractivity (Wildman–Crippen MR) is 99.8 cm³/mol. The summed E-state index contributed by atoms with van der Waals surface area (Å²) in [6.07, 6.45) is -4.59. The Hall–Kier alpha value is -1.48. The highest BCUT2D eigenvalue weighted by molar-refractivity contribution is 5.53. The third kappa shape index (κ3) is 6.01. The Bertz CT molecular complexity index is 640. The highest BCUT2D eigenvalue weighted by Crippen LogP contribution is 2.38. The largest absolute Gasteiger partial charge is 0.675 e. The van der Waals surface area contributed by atoms with Gasteiger partial charge in [0.15, 0.2) is 0 Å². The topological polar surface area (TPSA) is 30.3 Å². The first-order chi connectivity index (χ1) is 13.5. The standard InChI is InChI=1S/C20H26F6N3/c21-19(22,23)15-11-16(20(24,25)26)13-18(12-15)29-9-7-28(8-10-29)6-5-14-1-3-17(27)4-2-14/h11-14,17,27H,1-10H2/q-1. The summed E-state index contributed by atoms with van der Waals surface area (Å²) in [4.78, 5) is 3.83. The number of nitrogens with one attached hydrogen (secondary N) is 1. The molecular weight excluding hydrogens is 396 g/mol. The zero-order valence-corrected chi connectivity index (χ0v) is 16.1. The molecule has 1 aromatic carbocycles. The van der Waals surface area contributed by atoms with Crippen LogP contribution in [0, 0.1) is 5.92 Å². The third-order valence-electron chi connectivity index (χ3n) is 6.01. The Balaban J connectivity index is 1.60. The normalized spacial score (nSPS) is 24.7. The predicted octanol–water partition coefficient (Wildman–Crippen LogP) is 5.85. The second-order valence-electron chi connectivity index (χ2n) is 8.10. The molecule has 0 bridgehead atoms. The summed E-state index contributed by atoms with van der Waals surface area (Å²) >= 11 is 0. The average Bonchev–Trinajstić information content (AvgIpc) is 2.66. The van der Waals surface area contributed by atoms with Crippen LogP contribution in [0.25, 0.3) is 5.73 Å². The fraction of sp³-hybridized carbons (Fsp3) is 0.700. The van der Waals surface area contributed by atoms with E-state index in [1.807, 2.05) is 0 Å². The summed E-state index contributed by atoms with van der Waals surface area (Å²) in [6, 6.07) is 1.85. The molecule has 0 radical (unpaired) electrons. The zero-order valence-electron chi connectivity index (χ0n) is 16.1. The van der Waals surface area contributed by atoms with Crippen LogP contribution in [0.2, 0.25) is 0 Å². The van der Waals surface area contributed by atoms with Gasteiger partial charge in [0, 0.05) is 31.9 Å². The molecule has 0 aromatic heterocycles. The van der Waals surface area contributed by atoms with Gasteiger partial charge < -0.3 is 10.6 Å². The van der Waals surface area contributed by atoms with E-state index in [0.717, 1.165) is 50.8 Å². The molecule has 1 aliphatic heterocycles. The number of hydrogen-bond acceptors (Lipinski definition) is 2. The van der Waals surface area contributed by atoms with Crippen LogP contribution < -0.4 is 4.90 Å². The molecule has 9 heteroatoms. The number of benzene rings is 1. The number of halogens is 6. The van der Waals surface area contributed by atoms with Crippen molar-refractivity contribution < 1.29 is 26.3 Å². The minimum Gasteiger partial charge on any atom is -0.675 e. The highest BCUT2D eigenvalue weighted by Gasteiger charge is 2.37. The van der Waals surface area contributed by atoms with Crippen molar-refractivity contribution >= 4 is 5.69 Å². The van der Waals surface area contributed by atoms with E-state index in [9.17, 15) is 26.3 Å². The fourth-order valence-electron chi connectivity index (χ4n) is 4.17. The highest BCUT2D eigenvalue weighted by atomic mass is 19.4. The van der Waals surface area contributed by atoms with Crippen molar-refractivity contribution in [3.8, 4) is 0 Å². The van der Waals surface area contributed by atoms with Crippen molar-refractivity contribution in [2.75, 3.05) is 37.6 Å². The van der Waals surface area contributed by atoms with E-state index < -0.39 is 23.5 Å². The third-order valence-corrected chi connectivity index (χ3v) is 6.01. The van der Waals surface area contributed by atoms with Crippen LogP contribution in [-0.4, -0.2) is 43.7 Å². The lowest BCUT2D eigenvalue weighted by Crippen LogP contribution is -2.47. The number of nitrogens with zero attached hydrogens (tertiary/aromatic N) is 2. The van der Waals surface area contributed by atoms with Gasteiger partial charge in [-0.15, -0.1) is 6.04 Å². The smallest absolute Gasteiger partial charge is 0.416 e. The average molecular weight is 422 g/mol. The number of hydrogen-bond donors (Lipinski definition) is 0. The minimum atomic E-state index is -4.82. The van der Waals surface area contributed by atoms with Crippen molar-refractivity contribution in [2.45, 2.75) is 50.5 Å². The molecule has 1 aromatic rings. The molecule has 2 aliphatic rings. The monoisotopic (exact) mass is 422 g/mol. The molecule has 29 heavy (non-hydrogen) atoms. The Morgan fingerprint density at radius 2 is 1.31 bits per heavy atom. The van der Waals surface area contributed by atoms with Crippen LogP contribution in [-0.2, 0) is 12.4 Å². The number of rotatable bonds is 4. The molecule has 3 rings (SSSR count). The quantitative estimate of drug-likeness (QED) is 0.570. The zero-order chi connectivity index (χ0) is 21.2. The van der Waals surface area contributed by atoms with Crippen LogP contribution >= 0.6 is 0 Å². The van der Waals surface area contributed by atoms with Gasteiger partial charge in [0.1, 0.15) is 0 Å². The molecule has 2 fully saturated rings. The van der Waals surface area contributed by atoms with E-state index in [0.29, 0.717) is 32.1 Å². The van der Waals surface area contributed by atoms with Crippen LogP contribution in [0.1, 0.15) is 43.2 Å². The van der Waals surface area contributed by atoms with Gasteiger partial charge in [-0.05, 0) is 37.1 Å². The lowest BCUT2D eigenvalue weighted by molar-refractivity contribution is -0.143. The van der Waals surface area contributed by atoms with E-state index in [4.69, 9.17) is 5.73 Å². The minimum absolute atomic E-state index is 0.0273. The molecule has 0 atom stereocenters. The first-order valence-electron chi connectivity index (χ1n) is 10.0.